The first-order chi connectivity index (χ1) is 7.54. The number of ether oxygens (including phenoxy) is 1. The molecule has 0 radical (unpaired) electrons. The highest BCUT2D eigenvalue weighted by Crippen LogP contribution is 2.23. The Morgan fingerprint density at radius 2 is 2.31 bits per heavy atom. The van der Waals surface area contributed by atoms with Gasteiger partial charge < -0.3 is 4.74 Å². The maximum absolute atomic E-state index is 11.6. The molecule has 0 saturated heterocycles. The first-order valence-corrected chi connectivity index (χ1v) is 6.54. The van der Waals surface area contributed by atoms with Crippen LogP contribution in [0.4, 0.5) is 0 Å². The number of nitrogens with zero attached hydrogens (tertiary/aromatic N) is 1. The first-order valence-electron chi connectivity index (χ1n) is 5.34. The average Bonchev–Trinajstić information content (AvgIpc) is 2.57. The van der Waals surface area contributed by atoms with Crippen molar-refractivity contribution in [2.75, 3.05) is 6.61 Å². The lowest BCUT2D eigenvalue weighted by Crippen LogP contribution is -2.08. The van der Waals surface area contributed by atoms with Crippen LogP contribution in [0, 0.1) is 12.8 Å². The topological polar surface area (TPSA) is 39.2 Å². The Bertz CT molecular complexity index is 365. The largest absolute Gasteiger partial charge is 0.461 e. The predicted molar refractivity (Wildman–Crippen MR) is 66.2 cm³/mol. The van der Waals surface area contributed by atoms with Gasteiger partial charge in [-0.05, 0) is 19.3 Å². The molecule has 1 heterocycles. The summed E-state index contributed by atoms with van der Waals surface area (Å²) in [4.78, 5) is 16.1. The molecule has 0 aliphatic carbocycles. The smallest absolute Gasteiger partial charge is 0.350 e. The van der Waals surface area contributed by atoms with Gasteiger partial charge in [0.1, 0.15) is 4.88 Å². The zero-order chi connectivity index (χ0) is 12.1. The average molecular weight is 262 g/mol. The van der Waals surface area contributed by atoms with Crippen LogP contribution in [-0.2, 0) is 4.74 Å². The van der Waals surface area contributed by atoms with Crippen LogP contribution >= 0.6 is 22.9 Å². The van der Waals surface area contributed by atoms with Crippen LogP contribution in [0.5, 0.6) is 0 Å². The zero-order valence-corrected chi connectivity index (χ0v) is 11.3. The van der Waals surface area contributed by atoms with Gasteiger partial charge in [0.2, 0.25) is 0 Å². The van der Waals surface area contributed by atoms with Gasteiger partial charge in [0.25, 0.3) is 0 Å². The summed E-state index contributed by atoms with van der Waals surface area (Å²) in [5.74, 6) is 0.268. The van der Waals surface area contributed by atoms with E-state index in [-0.39, 0.29) is 5.97 Å². The van der Waals surface area contributed by atoms with Gasteiger partial charge in [0.15, 0.2) is 4.47 Å². The van der Waals surface area contributed by atoms with Crippen LogP contribution in [0.3, 0.4) is 0 Å². The second kappa shape index (κ2) is 6.21. The van der Waals surface area contributed by atoms with Gasteiger partial charge in [-0.15, -0.1) is 0 Å². The Balaban J connectivity index is 2.44. The minimum Gasteiger partial charge on any atom is -0.461 e. The van der Waals surface area contributed by atoms with E-state index in [1.807, 2.05) is 0 Å². The first kappa shape index (κ1) is 13.5. The lowest BCUT2D eigenvalue weighted by Gasteiger charge is -2.08. The van der Waals surface area contributed by atoms with Gasteiger partial charge in [-0.1, -0.05) is 43.2 Å². The highest BCUT2D eigenvalue weighted by atomic mass is 35.5. The summed E-state index contributed by atoms with van der Waals surface area (Å²) < 4.78 is 5.55. The molecule has 0 aliphatic heterocycles. The Kier molecular flexibility index (Phi) is 5.22. The number of thiazole rings is 1. The van der Waals surface area contributed by atoms with Gasteiger partial charge in [-0.25, -0.2) is 9.78 Å². The number of hydrogen-bond acceptors (Lipinski definition) is 4. The highest BCUT2D eigenvalue weighted by molar-refractivity contribution is 7.17. The third-order valence-corrected chi connectivity index (χ3v) is 3.74. The molecular weight excluding hydrogens is 246 g/mol. The lowest BCUT2D eigenvalue weighted by atomic mass is 10.1. The fraction of sp³-hybridized carbons (Fsp3) is 0.636. The molecule has 1 atom stereocenters. The summed E-state index contributed by atoms with van der Waals surface area (Å²) in [7, 11) is 0. The van der Waals surface area contributed by atoms with Gasteiger partial charge >= 0.3 is 5.97 Å². The van der Waals surface area contributed by atoms with Crippen LogP contribution in [0.2, 0.25) is 4.47 Å². The molecule has 90 valence electrons. The van der Waals surface area contributed by atoms with Gasteiger partial charge in [-0.3, -0.25) is 0 Å². The number of aromatic nitrogens is 1. The molecule has 0 N–H and O–H groups in total. The molecule has 16 heavy (non-hydrogen) atoms. The molecule has 5 heteroatoms. The summed E-state index contributed by atoms with van der Waals surface area (Å²) in [6.45, 7) is 6.48. The molecule has 3 nitrogen and oxygen atoms in total. The van der Waals surface area contributed by atoms with Crippen molar-refractivity contribution in [2.45, 2.75) is 33.6 Å². The number of carbonyl (C=O) groups is 1. The number of hydrogen-bond donors (Lipinski definition) is 0. The van der Waals surface area contributed by atoms with E-state index in [4.69, 9.17) is 16.3 Å². The molecule has 0 spiro atoms. The maximum Gasteiger partial charge on any atom is 0.350 e. The van der Waals surface area contributed by atoms with Crippen molar-refractivity contribution < 1.29 is 9.53 Å². The SMILES string of the molecule is CCC(C)CCOC(=O)c1sc(Cl)nc1C. The molecule has 0 amide bonds. The van der Waals surface area contributed by atoms with Crippen LogP contribution in [-0.4, -0.2) is 17.6 Å². The van der Waals surface area contributed by atoms with E-state index in [9.17, 15) is 4.79 Å². The molecular formula is C11H16ClNO2S. The summed E-state index contributed by atoms with van der Waals surface area (Å²) in [5, 5.41) is 0. The van der Waals surface area contributed by atoms with Crippen LogP contribution in [0.15, 0.2) is 0 Å². The van der Waals surface area contributed by atoms with Crippen LogP contribution < -0.4 is 0 Å². The summed E-state index contributed by atoms with van der Waals surface area (Å²) in [6, 6.07) is 0. The maximum atomic E-state index is 11.6. The van der Waals surface area contributed by atoms with Crippen molar-refractivity contribution in [3.05, 3.63) is 15.0 Å². The lowest BCUT2D eigenvalue weighted by molar-refractivity contribution is 0.0489. The van der Waals surface area contributed by atoms with E-state index in [1.54, 1.807) is 6.92 Å². The minimum absolute atomic E-state index is 0.315. The van der Waals surface area contributed by atoms with E-state index in [0.717, 1.165) is 12.8 Å². The molecule has 1 rings (SSSR count). The molecule has 0 bridgehead atoms. The molecule has 0 fully saturated rings. The van der Waals surface area contributed by atoms with Crippen LogP contribution in [0.1, 0.15) is 42.1 Å². The standard InChI is InChI=1S/C11H16ClNO2S/c1-4-7(2)5-6-15-10(14)9-8(3)13-11(12)16-9/h7H,4-6H2,1-3H3. The van der Waals surface area contributed by atoms with Crippen molar-refractivity contribution in [2.24, 2.45) is 5.92 Å². The summed E-state index contributed by atoms with van der Waals surface area (Å²) in [6.07, 6.45) is 2.00. The third-order valence-electron chi connectivity index (χ3n) is 2.50. The number of aryl methyl sites for hydroxylation is 1. The number of esters is 1. The van der Waals surface area contributed by atoms with Crippen LogP contribution in [0.25, 0.3) is 0 Å². The van der Waals surface area contributed by atoms with E-state index in [0.29, 0.717) is 27.6 Å². The predicted octanol–water partition coefficient (Wildman–Crippen LogP) is 3.70. The molecule has 0 aliphatic rings. The normalized spacial score (nSPS) is 12.5. The van der Waals surface area contributed by atoms with E-state index in [1.165, 1.54) is 11.3 Å². The van der Waals surface area contributed by atoms with Gasteiger partial charge in [0.05, 0.1) is 12.3 Å². The van der Waals surface area contributed by atoms with Crippen molar-refractivity contribution in [1.82, 2.24) is 4.98 Å². The number of rotatable bonds is 5. The van der Waals surface area contributed by atoms with E-state index < -0.39 is 0 Å². The monoisotopic (exact) mass is 261 g/mol. The molecule has 1 aromatic heterocycles. The second-order valence-electron chi connectivity index (χ2n) is 3.82. The van der Waals surface area contributed by atoms with E-state index in [2.05, 4.69) is 18.8 Å². The summed E-state index contributed by atoms with van der Waals surface area (Å²) in [5.41, 5.74) is 0.642. The summed E-state index contributed by atoms with van der Waals surface area (Å²) >= 11 is 6.88. The highest BCUT2D eigenvalue weighted by Gasteiger charge is 2.15. The number of carbonyl (C=O) groups excluding carboxylic acids is 1. The quantitative estimate of drug-likeness (QED) is 0.759. The van der Waals surface area contributed by atoms with Crippen molar-refractivity contribution >= 4 is 28.9 Å². The van der Waals surface area contributed by atoms with Gasteiger partial charge in [-0.2, -0.15) is 0 Å². The Morgan fingerprint density at radius 1 is 1.62 bits per heavy atom. The minimum atomic E-state index is -0.315. The molecule has 0 saturated carbocycles. The number of halogens is 1. The van der Waals surface area contributed by atoms with E-state index >= 15 is 0 Å². The van der Waals surface area contributed by atoms with Crippen molar-refractivity contribution in [1.29, 1.82) is 0 Å². The van der Waals surface area contributed by atoms with Gasteiger partial charge in [0, 0.05) is 0 Å². The fourth-order valence-corrected chi connectivity index (χ4v) is 2.22. The Morgan fingerprint density at radius 3 is 2.81 bits per heavy atom. The van der Waals surface area contributed by atoms with Crippen molar-refractivity contribution in [3.63, 3.8) is 0 Å². The van der Waals surface area contributed by atoms with Crippen molar-refractivity contribution in [3.8, 4) is 0 Å². The Hall–Kier alpha value is -0.610. The molecule has 1 aromatic rings. The zero-order valence-electron chi connectivity index (χ0n) is 9.75. The third kappa shape index (κ3) is 3.76. The Labute approximate surface area is 105 Å². The second-order valence-corrected chi connectivity index (χ2v) is 5.40. The molecule has 1 unspecified atom stereocenters. The molecule has 0 aromatic carbocycles. The fourth-order valence-electron chi connectivity index (χ4n) is 1.18.